The predicted octanol–water partition coefficient (Wildman–Crippen LogP) is 3.11. The summed E-state index contributed by atoms with van der Waals surface area (Å²) < 4.78 is 6.77. The van der Waals surface area contributed by atoms with Gasteiger partial charge >= 0.3 is 0 Å². The summed E-state index contributed by atoms with van der Waals surface area (Å²) in [4.78, 5) is 9.16. The highest BCUT2D eigenvalue weighted by Gasteiger charge is 2.36. The molecule has 1 aromatic rings. The van der Waals surface area contributed by atoms with E-state index in [1.807, 2.05) is 0 Å². The fourth-order valence-corrected chi connectivity index (χ4v) is 2.96. The molecular weight excluding hydrogens is 294 g/mol. The minimum absolute atomic E-state index is 0.364. The van der Waals surface area contributed by atoms with Gasteiger partial charge in [0.05, 0.1) is 10.2 Å². The Morgan fingerprint density at radius 3 is 2.72 bits per heavy atom. The average Bonchev–Trinajstić information content (AvgIpc) is 3.17. The lowest BCUT2D eigenvalue weighted by molar-refractivity contribution is -0.0761. The van der Waals surface area contributed by atoms with E-state index in [2.05, 4.69) is 27.8 Å². The summed E-state index contributed by atoms with van der Waals surface area (Å²) in [5.74, 6) is 1.85. The van der Waals surface area contributed by atoms with Crippen LogP contribution in [0.25, 0.3) is 0 Å². The van der Waals surface area contributed by atoms with E-state index in [-0.39, 0.29) is 5.60 Å². The Kier molecular flexibility index (Phi) is 3.06. The summed E-state index contributed by atoms with van der Waals surface area (Å²) in [6.07, 6.45) is 5.65. The van der Waals surface area contributed by atoms with Crippen LogP contribution < -0.4 is 5.73 Å². The second-order valence-corrected chi connectivity index (χ2v) is 6.24. The van der Waals surface area contributed by atoms with Crippen molar-refractivity contribution in [1.82, 2.24) is 9.97 Å². The van der Waals surface area contributed by atoms with Crippen LogP contribution in [-0.2, 0) is 10.3 Å². The number of ether oxygens (including phenoxy) is 1. The SMILES string of the molecule is CC1(c2nc(N)c(Br)c(C3CC3)n2)CCCCO1. The first-order chi connectivity index (χ1) is 8.60. The zero-order valence-corrected chi connectivity index (χ0v) is 12.2. The van der Waals surface area contributed by atoms with Crippen LogP contribution in [0.5, 0.6) is 0 Å². The van der Waals surface area contributed by atoms with Gasteiger partial charge in [-0.1, -0.05) is 0 Å². The van der Waals surface area contributed by atoms with Crippen molar-refractivity contribution in [2.24, 2.45) is 0 Å². The normalized spacial score (nSPS) is 28.3. The lowest BCUT2D eigenvalue weighted by Crippen LogP contribution is -2.33. The summed E-state index contributed by atoms with van der Waals surface area (Å²) in [7, 11) is 0. The molecule has 3 rings (SSSR count). The standard InChI is InChI=1S/C13H18BrN3O/c1-13(6-2-3-7-18-13)12-16-10(8-4-5-8)9(14)11(15)17-12/h8H,2-7H2,1H3,(H2,15,16,17). The van der Waals surface area contributed by atoms with Gasteiger partial charge in [-0.05, 0) is 55.0 Å². The summed E-state index contributed by atoms with van der Waals surface area (Å²) in [6.45, 7) is 2.86. The summed E-state index contributed by atoms with van der Waals surface area (Å²) >= 11 is 3.51. The number of hydrogen-bond acceptors (Lipinski definition) is 4. The van der Waals surface area contributed by atoms with Gasteiger partial charge in [0.1, 0.15) is 11.4 Å². The zero-order chi connectivity index (χ0) is 12.8. The van der Waals surface area contributed by atoms with Gasteiger partial charge in [-0.3, -0.25) is 0 Å². The maximum absolute atomic E-state index is 6.00. The molecule has 0 spiro atoms. The van der Waals surface area contributed by atoms with Crippen molar-refractivity contribution in [3.8, 4) is 0 Å². The maximum atomic E-state index is 6.00. The molecule has 0 amide bonds. The van der Waals surface area contributed by atoms with E-state index in [1.54, 1.807) is 0 Å². The van der Waals surface area contributed by atoms with Gasteiger partial charge < -0.3 is 10.5 Å². The molecule has 1 saturated heterocycles. The van der Waals surface area contributed by atoms with Crippen LogP contribution in [-0.4, -0.2) is 16.6 Å². The van der Waals surface area contributed by atoms with Crippen molar-refractivity contribution in [1.29, 1.82) is 0 Å². The van der Waals surface area contributed by atoms with Crippen molar-refractivity contribution in [3.05, 3.63) is 16.0 Å². The highest BCUT2D eigenvalue weighted by Crippen LogP contribution is 2.44. The minimum atomic E-state index is -0.364. The Morgan fingerprint density at radius 2 is 2.11 bits per heavy atom. The van der Waals surface area contributed by atoms with E-state index in [1.165, 1.54) is 12.8 Å². The number of aromatic nitrogens is 2. The smallest absolute Gasteiger partial charge is 0.162 e. The van der Waals surface area contributed by atoms with Crippen molar-refractivity contribution >= 4 is 21.7 Å². The number of halogens is 1. The first kappa shape index (κ1) is 12.4. The first-order valence-electron chi connectivity index (χ1n) is 6.57. The van der Waals surface area contributed by atoms with E-state index < -0.39 is 0 Å². The molecule has 0 aromatic carbocycles. The largest absolute Gasteiger partial charge is 0.383 e. The number of nitrogens with two attached hydrogens (primary N) is 1. The van der Waals surface area contributed by atoms with E-state index in [4.69, 9.17) is 15.5 Å². The summed E-state index contributed by atoms with van der Waals surface area (Å²) in [5.41, 5.74) is 6.70. The zero-order valence-electron chi connectivity index (χ0n) is 10.6. The lowest BCUT2D eigenvalue weighted by Gasteiger charge is -2.32. The van der Waals surface area contributed by atoms with E-state index >= 15 is 0 Å². The number of nitrogen functional groups attached to an aromatic ring is 1. The molecule has 2 heterocycles. The molecule has 1 atom stereocenters. The molecular formula is C13H18BrN3O. The highest BCUT2D eigenvalue weighted by atomic mass is 79.9. The summed E-state index contributed by atoms with van der Waals surface area (Å²) in [6, 6.07) is 0. The fraction of sp³-hybridized carbons (Fsp3) is 0.692. The van der Waals surface area contributed by atoms with Crippen LogP contribution in [0.1, 0.15) is 56.5 Å². The van der Waals surface area contributed by atoms with Crippen LogP contribution in [0.4, 0.5) is 5.82 Å². The highest BCUT2D eigenvalue weighted by molar-refractivity contribution is 9.10. The second kappa shape index (κ2) is 4.46. The number of anilines is 1. The van der Waals surface area contributed by atoms with Crippen LogP contribution in [0, 0.1) is 0 Å². The van der Waals surface area contributed by atoms with Gasteiger partial charge in [0.15, 0.2) is 5.82 Å². The molecule has 2 N–H and O–H groups in total. The van der Waals surface area contributed by atoms with E-state index in [0.717, 1.165) is 41.9 Å². The fourth-order valence-electron chi connectivity index (χ4n) is 2.46. The van der Waals surface area contributed by atoms with Crippen LogP contribution >= 0.6 is 15.9 Å². The van der Waals surface area contributed by atoms with Crippen molar-refractivity contribution in [2.75, 3.05) is 12.3 Å². The Bertz CT molecular complexity index is 468. The maximum Gasteiger partial charge on any atom is 0.162 e. The molecule has 1 saturated carbocycles. The van der Waals surface area contributed by atoms with E-state index in [9.17, 15) is 0 Å². The number of hydrogen-bond donors (Lipinski definition) is 1. The average molecular weight is 312 g/mol. The third-order valence-corrected chi connectivity index (χ3v) is 4.62. The van der Waals surface area contributed by atoms with Gasteiger partial charge in [0.25, 0.3) is 0 Å². The topological polar surface area (TPSA) is 61.0 Å². The second-order valence-electron chi connectivity index (χ2n) is 5.44. The molecule has 1 aliphatic heterocycles. The minimum Gasteiger partial charge on any atom is -0.383 e. The molecule has 2 fully saturated rings. The third kappa shape index (κ3) is 2.14. The van der Waals surface area contributed by atoms with Gasteiger partial charge in [-0.2, -0.15) is 0 Å². The Morgan fingerprint density at radius 1 is 1.33 bits per heavy atom. The first-order valence-corrected chi connectivity index (χ1v) is 7.37. The van der Waals surface area contributed by atoms with Crippen LogP contribution in [0.15, 0.2) is 4.47 Å². The van der Waals surface area contributed by atoms with Crippen LogP contribution in [0.3, 0.4) is 0 Å². The monoisotopic (exact) mass is 311 g/mol. The molecule has 5 heteroatoms. The Balaban J connectivity index is 2.01. The molecule has 1 aliphatic carbocycles. The van der Waals surface area contributed by atoms with Gasteiger partial charge in [-0.25, -0.2) is 9.97 Å². The quantitative estimate of drug-likeness (QED) is 0.911. The molecule has 18 heavy (non-hydrogen) atoms. The van der Waals surface area contributed by atoms with Gasteiger partial charge in [0, 0.05) is 12.5 Å². The number of nitrogens with zero attached hydrogens (tertiary/aromatic N) is 2. The molecule has 4 nitrogen and oxygen atoms in total. The van der Waals surface area contributed by atoms with Crippen LogP contribution in [0.2, 0.25) is 0 Å². The lowest BCUT2D eigenvalue weighted by atomic mass is 9.95. The van der Waals surface area contributed by atoms with Crippen molar-refractivity contribution < 1.29 is 4.74 Å². The van der Waals surface area contributed by atoms with Gasteiger partial charge in [-0.15, -0.1) is 0 Å². The molecule has 1 unspecified atom stereocenters. The van der Waals surface area contributed by atoms with Gasteiger partial charge in [0.2, 0.25) is 0 Å². The van der Waals surface area contributed by atoms with Crippen molar-refractivity contribution in [3.63, 3.8) is 0 Å². The predicted molar refractivity (Wildman–Crippen MR) is 73.3 cm³/mol. The Labute approximate surface area is 115 Å². The van der Waals surface area contributed by atoms with E-state index in [0.29, 0.717) is 11.7 Å². The van der Waals surface area contributed by atoms with Crippen molar-refractivity contribution in [2.45, 2.75) is 50.5 Å². The molecule has 2 aliphatic rings. The molecule has 98 valence electrons. The molecule has 1 aromatic heterocycles. The Hall–Kier alpha value is -0.680. The summed E-state index contributed by atoms with van der Waals surface area (Å²) in [5, 5.41) is 0. The molecule has 0 bridgehead atoms. The number of rotatable bonds is 2. The molecule has 0 radical (unpaired) electrons. The third-order valence-electron chi connectivity index (χ3n) is 3.81.